The Morgan fingerprint density at radius 3 is 2.86 bits per heavy atom. The summed E-state index contributed by atoms with van der Waals surface area (Å²) in [6.07, 6.45) is 1.22. The predicted molar refractivity (Wildman–Crippen MR) is 38.4 cm³/mol. The quantitative estimate of drug-likeness (QED) is 0.493. The van der Waals surface area contributed by atoms with Crippen molar-refractivity contribution in [2.24, 2.45) is 4.99 Å². The van der Waals surface area contributed by atoms with Crippen LogP contribution >= 0.6 is 24.4 Å². The molecule has 3 heteroatoms. The van der Waals surface area contributed by atoms with Crippen LogP contribution in [-0.2, 0) is 0 Å². The van der Waals surface area contributed by atoms with Crippen molar-refractivity contribution >= 4 is 28.8 Å². The van der Waals surface area contributed by atoms with Crippen molar-refractivity contribution in [1.29, 1.82) is 0 Å². The fraction of sp³-hybridized carbons (Fsp3) is 0.750. The maximum absolute atomic E-state index is 4.07. The molecule has 0 amide bonds. The Labute approximate surface area is 53.0 Å². The summed E-state index contributed by atoms with van der Waals surface area (Å²) in [6, 6.07) is 0. The first-order chi connectivity index (χ1) is 3.39. The molecule has 40 valence electrons. The highest BCUT2D eigenvalue weighted by molar-refractivity contribution is 8.32. The van der Waals surface area contributed by atoms with Crippen molar-refractivity contribution in [3.63, 3.8) is 0 Å². The van der Waals surface area contributed by atoms with E-state index in [0.29, 0.717) is 0 Å². The first-order valence-corrected chi connectivity index (χ1v) is 3.69. The van der Waals surface area contributed by atoms with Gasteiger partial charge in [-0.3, -0.25) is 4.99 Å². The molecule has 0 radical (unpaired) electrons. The fourth-order valence-corrected chi connectivity index (χ4v) is 1.46. The highest BCUT2D eigenvalue weighted by Gasteiger charge is 1.98. The van der Waals surface area contributed by atoms with Gasteiger partial charge >= 0.3 is 0 Å². The van der Waals surface area contributed by atoms with Crippen molar-refractivity contribution in [2.45, 2.75) is 6.42 Å². The highest BCUT2D eigenvalue weighted by Crippen LogP contribution is 2.13. The van der Waals surface area contributed by atoms with Crippen LogP contribution in [0.2, 0.25) is 0 Å². The lowest BCUT2D eigenvalue weighted by molar-refractivity contribution is 0.943. The summed E-state index contributed by atoms with van der Waals surface area (Å²) in [5.74, 6) is 1.20. The lowest BCUT2D eigenvalue weighted by atomic mass is 10.5. The Morgan fingerprint density at radius 2 is 2.57 bits per heavy atom. The van der Waals surface area contributed by atoms with Gasteiger partial charge in [-0.05, 0) is 6.42 Å². The topological polar surface area (TPSA) is 12.4 Å². The molecule has 0 aromatic rings. The summed E-state index contributed by atoms with van der Waals surface area (Å²) in [4.78, 5) is 4.07. The molecule has 0 saturated heterocycles. The van der Waals surface area contributed by atoms with E-state index in [1.165, 1.54) is 12.2 Å². The molecule has 0 unspecified atom stereocenters. The molecule has 1 heterocycles. The Balaban J connectivity index is 2.40. The molecule has 0 bridgehead atoms. The third kappa shape index (κ3) is 1.74. The van der Waals surface area contributed by atoms with Crippen LogP contribution in [0.5, 0.6) is 0 Å². The van der Waals surface area contributed by atoms with Gasteiger partial charge in [-0.15, -0.1) is 24.4 Å². The van der Waals surface area contributed by atoms with Gasteiger partial charge < -0.3 is 0 Å². The van der Waals surface area contributed by atoms with Gasteiger partial charge in [0.15, 0.2) is 0 Å². The number of aliphatic imine (C=N–C) groups is 1. The van der Waals surface area contributed by atoms with Crippen molar-refractivity contribution in [3.8, 4) is 0 Å². The maximum atomic E-state index is 4.07. The van der Waals surface area contributed by atoms with Gasteiger partial charge in [0.1, 0.15) is 4.38 Å². The Bertz CT molecular complexity index is 89.7. The summed E-state index contributed by atoms with van der Waals surface area (Å²) in [7, 11) is 0. The zero-order chi connectivity index (χ0) is 5.11. The second-order valence-electron chi connectivity index (χ2n) is 1.37. The van der Waals surface area contributed by atoms with E-state index in [-0.39, 0.29) is 0 Å². The fourth-order valence-electron chi connectivity index (χ4n) is 0.448. The number of thioether (sulfide) groups is 1. The molecule has 0 aromatic carbocycles. The molecule has 0 spiro atoms. The number of hydrogen-bond acceptors (Lipinski definition) is 2. The minimum Gasteiger partial charge on any atom is -0.272 e. The number of rotatable bonds is 0. The number of thiol groups is 1. The van der Waals surface area contributed by atoms with Gasteiger partial charge in [-0.1, -0.05) is 0 Å². The van der Waals surface area contributed by atoms with Crippen LogP contribution in [0.3, 0.4) is 0 Å². The summed E-state index contributed by atoms with van der Waals surface area (Å²) < 4.78 is 0.950. The van der Waals surface area contributed by atoms with E-state index in [2.05, 4.69) is 17.6 Å². The molecular formula is C4H7NS2. The van der Waals surface area contributed by atoms with Crippen LogP contribution in [0, 0.1) is 0 Å². The molecule has 0 aromatic heterocycles. The van der Waals surface area contributed by atoms with Gasteiger partial charge in [-0.25, -0.2) is 0 Å². The second-order valence-corrected chi connectivity index (χ2v) is 3.18. The van der Waals surface area contributed by atoms with E-state index in [0.717, 1.165) is 10.9 Å². The molecule has 1 nitrogen and oxygen atoms in total. The summed E-state index contributed by atoms with van der Waals surface area (Å²) in [5.41, 5.74) is 0. The molecule has 7 heavy (non-hydrogen) atoms. The van der Waals surface area contributed by atoms with Crippen molar-refractivity contribution < 1.29 is 0 Å². The zero-order valence-electron chi connectivity index (χ0n) is 3.92. The summed E-state index contributed by atoms with van der Waals surface area (Å²) in [6.45, 7) is 0.978. The van der Waals surface area contributed by atoms with Crippen molar-refractivity contribution in [1.82, 2.24) is 0 Å². The lowest BCUT2D eigenvalue weighted by Crippen LogP contribution is -1.96. The number of hydrogen-bond donors (Lipinski definition) is 1. The molecule has 0 atom stereocenters. The van der Waals surface area contributed by atoms with E-state index < -0.39 is 0 Å². The molecule has 0 fully saturated rings. The standard InChI is InChI=1S/C4H7NS2/c6-4-5-2-1-3-7-4/h1-3H2,(H,5,6). The average Bonchev–Trinajstić information content (AvgIpc) is 1.69. The molecule has 1 aliphatic rings. The van der Waals surface area contributed by atoms with E-state index in [1.807, 2.05) is 0 Å². The minimum absolute atomic E-state index is 0.950. The molecule has 0 aliphatic carbocycles. The van der Waals surface area contributed by atoms with Crippen LogP contribution in [-0.4, -0.2) is 16.7 Å². The normalized spacial score (nSPS) is 21.6. The smallest absolute Gasteiger partial charge is 0.121 e. The summed E-state index contributed by atoms with van der Waals surface area (Å²) >= 11 is 5.81. The summed E-state index contributed by atoms with van der Waals surface area (Å²) in [5, 5.41) is 0. The van der Waals surface area contributed by atoms with Gasteiger partial charge in [0.2, 0.25) is 0 Å². The van der Waals surface area contributed by atoms with Crippen LogP contribution in [0.15, 0.2) is 4.99 Å². The SMILES string of the molecule is SC1=NCCCS1. The van der Waals surface area contributed by atoms with Crippen LogP contribution in [0.4, 0.5) is 0 Å². The Kier molecular flexibility index (Phi) is 2.06. The van der Waals surface area contributed by atoms with Crippen LogP contribution < -0.4 is 0 Å². The van der Waals surface area contributed by atoms with Crippen LogP contribution in [0.1, 0.15) is 6.42 Å². The largest absolute Gasteiger partial charge is 0.272 e. The maximum Gasteiger partial charge on any atom is 0.121 e. The minimum atomic E-state index is 0.950. The predicted octanol–water partition coefficient (Wildman–Crippen LogP) is 1.41. The highest BCUT2D eigenvalue weighted by atomic mass is 32.2. The number of nitrogens with zero attached hydrogens (tertiary/aromatic N) is 1. The van der Waals surface area contributed by atoms with E-state index in [1.54, 1.807) is 11.8 Å². The van der Waals surface area contributed by atoms with Crippen molar-refractivity contribution in [2.75, 3.05) is 12.3 Å². The zero-order valence-corrected chi connectivity index (χ0v) is 5.63. The molecule has 1 rings (SSSR count). The lowest BCUT2D eigenvalue weighted by Gasteiger charge is -2.03. The van der Waals surface area contributed by atoms with Gasteiger partial charge in [0.25, 0.3) is 0 Å². The van der Waals surface area contributed by atoms with Crippen LogP contribution in [0.25, 0.3) is 0 Å². The van der Waals surface area contributed by atoms with Gasteiger partial charge in [0, 0.05) is 12.3 Å². The van der Waals surface area contributed by atoms with Gasteiger partial charge in [-0.2, -0.15) is 0 Å². The van der Waals surface area contributed by atoms with E-state index in [4.69, 9.17) is 0 Å². The van der Waals surface area contributed by atoms with Crippen molar-refractivity contribution in [3.05, 3.63) is 0 Å². The first-order valence-electron chi connectivity index (χ1n) is 2.26. The second kappa shape index (κ2) is 2.62. The molecule has 1 aliphatic heterocycles. The monoisotopic (exact) mass is 133 g/mol. The van der Waals surface area contributed by atoms with E-state index >= 15 is 0 Å². The molecular weight excluding hydrogens is 126 g/mol. The average molecular weight is 133 g/mol. The first kappa shape index (κ1) is 5.51. The molecule has 0 saturated carbocycles. The third-order valence-corrected chi connectivity index (χ3v) is 2.19. The van der Waals surface area contributed by atoms with Gasteiger partial charge in [0.05, 0.1) is 0 Å². The Morgan fingerprint density at radius 1 is 1.71 bits per heavy atom. The Hall–Kier alpha value is 0.370. The third-order valence-electron chi connectivity index (χ3n) is 0.781. The van der Waals surface area contributed by atoms with E-state index in [9.17, 15) is 0 Å². The molecule has 0 N–H and O–H groups in total.